The van der Waals surface area contributed by atoms with Gasteiger partial charge in [-0.25, -0.2) is 14.2 Å². The minimum atomic E-state index is -1.01. The minimum Gasteiger partial charge on any atom is -0.507 e. The highest BCUT2D eigenvalue weighted by Gasteiger charge is 2.48. The molecule has 1 aliphatic rings. The number of carbonyl (C=O) groups is 3. The van der Waals surface area contributed by atoms with Crippen molar-refractivity contribution in [1.82, 2.24) is 4.98 Å². The number of halogens is 1. The molecule has 2 heterocycles. The zero-order valence-electron chi connectivity index (χ0n) is 21.2. The van der Waals surface area contributed by atoms with Crippen LogP contribution in [0.3, 0.4) is 0 Å². The van der Waals surface area contributed by atoms with Gasteiger partial charge in [0.15, 0.2) is 5.13 Å². The van der Waals surface area contributed by atoms with E-state index in [-0.39, 0.29) is 33.2 Å². The van der Waals surface area contributed by atoms with E-state index >= 15 is 0 Å². The molecular formula is C28H27FN2O5S. The summed E-state index contributed by atoms with van der Waals surface area (Å²) in [6, 6.07) is 11.4. The van der Waals surface area contributed by atoms with Crippen molar-refractivity contribution in [2.24, 2.45) is 0 Å². The van der Waals surface area contributed by atoms with E-state index in [1.54, 1.807) is 26.0 Å². The van der Waals surface area contributed by atoms with E-state index in [9.17, 15) is 23.9 Å². The number of hydrogen-bond acceptors (Lipinski definition) is 7. The van der Waals surface area contributed by atoms with Crippen LogP contribution in [0.15, 0.2) is 54.1 Å². The Bertz CT molecular complexity index is 1400. The molecule has 4 rings (SSSR count). The molecule has 1 aromatic heterocycles. The van der Waals surface area contributed by atoms with Gasteiger partial charge in [0.25, 0.3) is 5.78 Å². The van der Waals surface area contributed by atoms with Crippen molar-refractivity contribution >= 4 is 39.9 Å². The smallest absolute Gasteiger partial charge is 0.350 e. The number of nitrogens with zero attached hydrogens (tertiary/aromatic N) is 2. The quantitative estimate of drug-likeness (QED) is 0.200. The highest BCUT2D eigenvalue weighted by molar-refractivity contribution is 7.17. The molecule has 1 saturated heterocycles. The van der Waals surface area contributed by atoms with Gasteiger partial charge in [0.05, 0.1) is 23.9 Å². The van der Waals surface area contributed by atoms with E-state index in [2.05, 4.69) is 25.8 Å². The molecule has 37 heavy (non-hydrogen) atoms. The second-order valence-corrected chi connectivity index (χ2v) is 10.7. The SMILES string of the molecule is CCOC(=O)c1sc(N2C(=O)C(=O)C(=C(O)c3ccc(F)cc3)[C@H]2c2ccc(C(C)(C)C)cc2)nc1C. The number of esters is 1. The minimum absolute atomic E-state index is 0.130. The third kappa shape index (κ3) is 4.91. The van der Waals surface area contributed by atoms with Crippen LogP contribution in [0.2, 0.25) is 0 Å². The highest BCUT2D eigenvalue weighted by Crippen LogP contribution is 2.44. The first kappa shape index (κ1) is 26.2. The lowest BCUT2D eigenvalue weighted by Gasteiger charge is -2.24. The Morgan fingerprint density at radius 3 is 2.30 bits per heavy atom. The van der Waals surface area contributed by atoms with Gasteiger partial charge < -0.3 is 9.84 Å². The maximum Gasteiger partial charge on any atom is 0.350 e. The standard InChI is InChI=1S/C28H27FN2O5S/c1-6-36-26(35)24-15(2)30-27(37-24)31-21(16-7-11-18(12-8-16)28(3,4)5)20(23(33)25(31)34)22(32)17-9-13-19(29)14-10-17/h7-14,21,32H,6H2,1-5H3/t21-/m1/s1. The molecule has 0 aliphatic carbocycles. The van der Waals surface area contributed by atoms with Gasteiger partial charge in [-0.1, -0.05) is 56.4 Å². The maximum absolute atomic E-state index is 13.5. The molecule has 1 atom stereocenters. The van der Waals surface area contributed by atoms with E-state index in [1.807, 2.05) is 12.1 Å². The van der Waals surface area contributed by atoms with E-state index in [0.29, 0.717) is 11.3 Å². The number of benzene rings is 2. The summed E-state index contributed by atoms with van der Waals surface area (Å²) >= 11 is 0.941. The zero-order chi connectivity index (χ0) is 27.1. The number of aliphatic hydroxyl groups excluding tert-OH is 1. The summed E-state index contributed by atoms with van der Waals surface area (Å²) in [4.78, 5) is 44.9. The van der Waals surface area contributed by atoms with Crippen molar-refractivity contribution in [3.63, 3.8) is 0 Å². The summed E-state index contributed by atoms with van der Waals surface area (Å²) in [6.07, 6.45) is 0. The molecule has 1 N–H and O–H groups in total. The van der Waals surface area contributed by atoms with Gasteiger partial charge >= 0.3 is 11.9 Å². The molecule has 1 fully saturated rings. The Morgan fingerprint density at radius 2 is 1.73 bits per heavy atom. The first-order valence-corrected chi connectivity index (χ1v) is 12.6. The van der Waals surface area contributed by atoms with Gasteiger partial charge in [0.2, 0.25) is 0 Å². The Labute approximate surface area is 218 Å². The first-order chi connectivity index (χ1) is 17.4. The molecule has 0 unspecified atom stereocenters. The van der Waals surface area contributed by atoms with Gasteiger partial charge in [-0.2, -0.15) is 0 Å². The van der Waals surface area contributed by atoms with Crippen molar-refractivity contribution in [3.8, 4) is 0 Å². The predicted octanol–water partition coefficient (Wildman–Crippen LogP) is 5.69. The van der Waals surface area contributed by atoms with Crippen molar-refractivity contribution in [3.05, 3.63) is 87.2 Å². The number of amides is 1. The van der Waals surface area contributed by atoms with Crippen molar-refractivity contribution in [2.45, 2.75) is 46.1 Å². The summed E-state index contributed by atoms with van der Waals surface area (Å²) in [5, 5.41) is 11.3. The van der Waals surface area contributed by atoms with Crippen LogP contribution in [-0.4, -0.2) is 34.4 Å². The number of thiazole rings is 1. The van der Waals surface area contributed by atoms with Crippen LogP contribution in [-0.2, 0) is 19.7 Å². The third-order valence-corrected chi connectivity index (χ3v) is 7.24. The van der Waals surface area contributed by atoms with Gasteiger partial charge in [0.1, 0.15) is 16.5 Å². The summed E-state index contributed by atoms with van der Waals surface area (Å²) in [6.45, 7) is 9.68. The van der Waals surface area contributed by atoms with E-state index in [0.717, 1.165) is 29.0 Å². The number of aryl methyl sites for hydroxylation is 1. The Morgan fingerprint density at radius 1 is 1.11 bits per heavy atom. The third-order valence-electron chi connectivity index (χ3n) is 6.11. The van der Waals surface area contributed by atoms with Gasteiger partial charge in [0, 0.05) is 5.56 Å². The van der Waals surface area contributed by atoms with E-state index in [4.69, 9.17) is 4.74 Å². The normalized spacial score (nSPS) is 17.4. The first-order valence-electron chi connectivity index (χ1n) is 11.8. The Hall–Kier alpha value is -3.85. The zero-order valence-corrected chi connectivity index (χ0v) is 22.0. The number of rotatable bonds is 5. The Kier molecular flexibility index (Phi) is 7.01. The van der Waals surface area contributed by atoms with Crippen molar-refractivity contribution in [2.75, 3.05) is 11.5 Å². The fourth-order valence-electron chi connectivity index (χ4n) is 4.15. The molecule has 0 radical (unpaired) electrons. The average Bonchev–Trinajstić information content (AvgIpc) is 3.35. The van der Waals surface area contributed by atoms with Crippen molar-refractivity contribution in [1.29, 1.82) is 0 Å². The number of ether oxygens (including phenoxy) is 1. The summed E-state index contributed by atoms with van der Waals surface area (Å²) < 4.78 is 18.6. The number of ketones is 1. The lowest BCUT2D eigenvalue weighted by molar-refractivity contribution is -0.132. The van der Waals surface area contributed by atoms with Gasteiger partial charge in [-0.3, -0.25) is 14.5 Å². The lowest BCUT2D eigenvalue weighted by Crippen LogP contribution is -2.29. The fraction of sp³-hybridized carbons (Fsp3) is 0.286. The van der Waals surface area contributed by atoms with Gasteiger partial charge in [-0.05, 0) is 54.7 Å². The Balaban J connectivity index is 1.91. The van der Waals surface area contributed by atoms with Crippen LogP contribution < -0.4 is 4.90 Å². The largest absolute Gasteiger partial charge is 0.507 e. The number of hydrogen-bond donors (Lipinski definition) is 1. The molecule has 0 saturated carbocycles. The monoisotopic (exact) mass is 522 g/mol. The highest BCUT2D eigenvalue weighted by atomic mass is 32.1. The second kappa shape index (κ2) is 9.89. The molecule has 192 valence electrons. The summed E-state index contributed by atoms with van der Waals surface area (Å²) in [7, 11) is 0. The molecule has 9 heteroatoms. The summed E-state index contributed by atoms with van der Waals surface area (Å²) in [5.74, 6) is -3.30. The second-order valence-electron chi connectivity index (χ2n) is 9.68. The van der Waals surface area contributed by atoms with Crippen LogP contribution in [0, 0.1) is 12.7 Å². The van der Waals surface area contributed by atoms with E-state index < -0.39 is 35.3 Å². The van der Waals surface area contributed by atoms with Crippen molar-refractivity contribution < 1.29 is 28.6 Å². The predicted molar refractivity (Wildman–Crippen MR) is 139 cm³/mol. The van der Waals surface area contributed by atoms with Crippen LogP contribution in [0.25, 0.3) is 5.76 Å². The van der Waals surface area contributed by atoms with Crippen LogP contribution in [0.4, 0.5) is 9.52 Å². The molecule has 2 aromatic carbocycles. The fourth-order valence-corrected chi connectivity index (χ4v) is 5.13. The molecule has 1 amide bonds. The summed E-state index contributed by atoms with van der Waals surface area (Å²) in [5.41, 5.74) is 1.89. The number of Topliss-reactive ketones (excluding diaryl/α,β-unsaturated/α-hetero) is 1. The molecule has 0 bridgehead atoms. The topological polar surface area (TPSA) is 96.8 Å². The maximum atomic E-state index is 13.5. The van der Waals surface area contributed by atoms with Crippen LogP contribution >= 0.6 is 11.3 Å². The van der Waals surface area contributed by atoms with Crippen LogP contribution in [0.1, 0.15) is 65.8 Å². The number of aromatic nitrogens is 1. The molecule has 7 nitrogen and oxygen atoms in total. The number of anilines is 1. The number of aliphatic hydroxyl groups is 1. The van der Waals surface area contributed by atoms with Crippen LogP contribution in [0.5, 0.6) is 0 Å². The van der Waals surface area contributed by atoms with E-state index in [1.165, 1.54) is 17.0 Å². The van der Waals surface area contributed by atoms with Gasteiger partial charge in [-0.15, -0.1) is 0 Å². The average molecular weight is 523 g/mol. The molecule has 0 spiro atoms. The lowest BCUT2D eigenvalue weighted by atomic mass is 9.85. The molecule has 3 aromatic rings. The number of carbonyl (C=O) groups excluding carboxylic acids is 3. The molecular weight excluding hydrogens is 495 g/mol. The molecule has 1 aliphatic heterocycles.